The van der Waals surface area contributed by atoms with Crippen molar-refractivity contribution in [2.75, 3.05) is 12.4 Å². The van der Waals surface area contributed by atoms with Crippen LogP contribution < -0.4 is 10.1 Å². The van der Waals surface area contributed by atoms with Crippen molar-refractivity contribution in [3.8, 4) is 5.75 Å². The van der Waals surface area contributed by atoms with E-state index in [0.717, 1.165) is 40.3 Å². The highest BCUT2D eigenvalue weighted by atomic mass is 16.5. The first-order chi connectivity index (χ1) is 10.3. The minimum Gasteiger partial charge on any atom is -0.497 e. The summed E-state index contributed by atoms with van der Waals surface area (Å²) in [5.41, 5.74) is 2.81. The molecular formula is C16H17N3O2. The smallest absolute Gasteiger partial charge is 0.193 e. The Morgan fingerprint density at radius 1 is 1.29 bits per heavy atom. The van der Waals surface area contributed by atoms with Gasteiger partial charge in [-0.1, -0.05) is 6.92 Å². The van der Waals surface area contributed by atoms with E-state index in [-0.39, 0.29) is 0 Å². The Hall–Kier alpha value is -2.56. The van der Waals surface area contributed by atoms with Crippen LogP contribution in [0.25, 0.3) is 10.9 Å². The number of hydrogen-bond acceptors (Lipinski definition) is 5. The Morgan fingerprint density at radius 2 is 2.19 bits per heavy atom. The number of fused-ring (bicyclic) bond motifs is 1. The van der Waals surface area contributed by atoms with Gasteiger partial charge in [0.25, 0.3) is 0 Å². The van der Waals surface area contributed by atoms with Gasteiger partial charge < -0.3 is 14.5 Å². The van der Waals surface area contributed by atoms with Gasteiger partial charge in [0.05, 0.1) is 24.9 Å². The van der Waals surface area contributed by atoms with Gasteiger partial charge in [0.1, 0.15) is 12.0 Å². The molecule has 0 atom stereocenters. The monoisotopic (exact) mass is 283 g/mol. The van der Waals surface area contributed by atoms with Gasteiger partial charge >= 0.3 is 0 Å². The molecule has 0 aliphatic heterocycles. The fourth-order valence-electron chi connectivity index (χ4n) is 2.18. The summed E-state index contributed by atoms with van der Waals surface area (Å²) < 4.78 is 10.6. The molecule has 21 heavy (non-hydrogen) atoms. The predicted molar refractivity (Wildman–Crippen MR) is 81.5 cm³/mol. The number of methoxy groups -OCH3 is 1. The zero-order valence-electron chi connectivity index (χ0n) is 12.1. The zero-order chi connectivity index (χ0) is 14.7. The molecule has 0 fully saturated rings. The van der Waals surface area contributed by atoms with Crippen molar-refractivity contribution in [1.29, 1.82) is 0 Å². The van der Waals surface area contributed by atoms with Gasteiger partial charge in [0.2, 0.25) is 0 Å². The molecule has 0 amide bonds. The standard InChI is InChI=1S/C16H17N3O2/c1-3-16-19-11(10-21-16)9-18-15-6-7-17-14-5-4-12(20-2)8-13(14)15/h4-8,10H,3,9H2,1-2H3,(H,17,18). The maximum absolute atomic E-state index is 5.34. The van der Waals surface area contributed by atoms with E-state index in [2.05, 4.69) is 15.3 Å². The maximum Gasteiger partial charge on any atom is 0.193 e. The average molecular weight is 283 g/mol. The van der Waals surface area contributed by atoms with Gasteiger partial charge in [0, 0.05) is 23.7 Å². The number of nitrogens with zero attached hydrogens (tertiary/aromatic N) is 2. The van der Waals surface area contributed by atoms with E-state index in [9.17, 15) is 0 Å². The molecule has 0 saturated heterocycles. The zero-order valence-corrected chi connectivity index (χ0v) is 12.1. The molecule has 3 aromatic rings. The van der Waals surface area contributed by atoms with Crippen LogP contribution in [0.3, 0.4) is 0 Å². The average Bonchev–Trinajstić information content (AvgIpc) is 3.00. The van der Waals surface area contributed by atoms with Crippen LogP contribution >= 0.6 is 0 Å². The lowest BCUT2D eigenvalue weighted by Crippen LogP contribution is -2.01. The topological polar surface area (TPSA) is 60.2 Å². The molecule has 2 heterocycles. The summed E-state index contributed by atoms with van der Waals surface area (Å²) in [6, 6.07) is 7.78. The van der Waals surface area contributed by atoms with Crippen LogP contribution in [0.15, 0.2) is 41.1 Å². The highest BCUT2D eigenvalue weighted by Crippen LogP contribution is 2.26. The highest BCUT2D eigenvalue weighted by Gasteiger charge is 2.06. The van der Waals surface area contributed by atoms with E-state index >= 15 is 0 Å². The molecule has 3 rings (SSSR count). The lowest BCUT2D eigenvalue weighted by Gasteiger charge is -2.09. The number of nitrogens with one attached hydrogen (secondary N) is 1. The van der Waals surface area contributed by atoms with Crippen LogP contribution in [-0.4, -0.2) is 17.1 Å². The summed E-state index contributed by atoms with van der Waals surface area (Å²) in [6.45, 7) is 2.63. The SMILES string of the molecule is CCc1nc(CNc2ccnc3ccc(OC)cc23)co1. The molecule has 0 saturated carbocycles. The molecule has 5 heteroatoms. The Morgan fingerprint density at radius 3 is 2.95 bits per heavy atom. The summed E-state index contributed by atoms with van der Waals surface area (Å²) in [5.74, 6) is 1.57. The molecule has 0 aliphatic carbocycles. The Bertz CT molecular complexity index is 752. The fraction of sp³-hybridized carbons (Fsp3) is 0.250. The van der Waals surface area contributed by atoms with Crippen LogP contribution in [-0.2, 0) is 13.0 Å². The molecule has 0 unspecified atom stereocenters. The maximum atomic E-state index is 5.34. The molecule has 0 aliphatic rings. The molecule has 1 N–H and O–H groups in total. The van der Waals surface area contributed by atoms with Gasteiger partial charge in [-0.2, -0.15) is 0 Å². The third kappa shape index (κ3) is 2.81. The minimum absolute atomic E-state index is 0.611. The number of pyridine rings is 1. The van der Waals surface area contributed by atoms with E-state index in [1.807, 2.05) is 31.2 Å². The molecule has 1 aromatic carbocycles. The van der Waals surface area contributed by atoms with E-state index in [4.69, 9.17) is 9.15 Å². The van der Waals surface area contributed by atoms with Gasteiger partial charge in [-0.3, -0.25) is 4.98 Å². The molecule has 108 valence electrons. The number of aryl methyl sites for hydroxylation is 1. The van der Waals surface area contributed by atoms with Crippen molar-refractivity contribution in [2.45, 2.75) is 19.9 Å². The Labute approximate surface area is 123 Å². The number of rotatable bonds is 5. The van der Waals surface area contributed by atoms with Gasteiger partial charge in [-0.25, -0.2) is 4.98 Å². The molecule has 0 bridgehead atoms. The Balaban J connectivity index is 1.85. The lowest BCUT2D eigenvalue weighted by molar-refractivity contribution is 0.415. The summed E-state index contributed by atoms with van der Waals surface area (Å²) in [4.78, 5) is 8.75. The summed E-state index contributed by atoms with van der Waals surface area (Å²) in [6.07, 6.45) is 4.28. The third-order valence-corrected chi connectivity index (χ3v) is 3.31. The minimum atomic E-state index is 0.611. The molecule has 0 spiro atoms. The van der Waals surface area contributed by atoms with Crippen LogP contribution in [0.4, 0.5) is 5.69 Å². The van der Waals surface area contributed by atoms with Crippen molar-refractivity contribution in [3.63, 3.8) is 0 Å². The van der Waals surface area contributed by atoms with Gasteiger partial charge in [-0.05, 0) is 24.3 Å². The van der Waals surface area contributed by atoms with Crippen LogP contribution in [0.5, 0.6) is 5.75 Å². The normalized spacial score (nSPS) is 10.8. The van der Waals surface area contributed by atoms with Crippen LogP contribution in [0.1, 0.15) is 18.5 Å². The van der Waals surface area contributed by atoms with Gasteiger partial charge in [0.15, 0.2) is 5.89 Å². The first-order valence-electron chi connectivity index (χ1n) is 6.90. The van der Waals surface area contributed by atoms with E-state index in [0.29, 0.717) is 6.54 Å². The number of anilines is 1. The summed E-state index contributed by atoms with van der Waals surface area (Å²) in [5, 5.41) is 4.40. The number of aromatic nitrogens is 2. The largest absolute Gasteiger partial charge is 0.497 e. The predicted octanol–water partition coefficient (Wildman–Crippen LogP) is 3.41. The van der Waals surface area contributed by atoms with Crippen molar-refractivity contribution in [3.05, 3.63) is 48.3 Å². The van der Waals surface area contributed by atoms with Crippen molar-refractivity contribution >= 4 is 16.6 Å². The van der Waals surface area contributed by atoms with Gasteiger partial charge in [-0.15, -0.1) is 0 Å². The second-order valence-corrected chi connectivity index (χ2v) is 4.68. The lowest BCUT2D eigenvalue weighted by atomic mass is 10.1. The summed E-state index contributed by atoms with van der Waals surface area (Å²) in [7, 11) is 1.66. The number of benzene rings is 1. The quantitative estimate of drug-likeness (QED) is 0.777. The molecule has 5 nitrogen and oxygen atoms in total. The summed E-state index contributed by atoms with van der Waals surface area (Å²) >= 11 is 0. The highest BCUT2D eigenvalue weighted by molar-refractivity contribution is 5.92. The molecule has 0 radical (unpaired) electrons. The number of ether oxygens (including phenoxy) is 1. The molecular weight excluding hydrogens is 266 g/mol. The van der Waals surface area contributed by atoms with E-state index < -0.39 is 0 Å². The second-order valence-electron chi connectivity index (χ2n) is 4.68. The van der Waals surface area contributed by atoms with Crippen molar-refractivity contribution < 1.29 is 9.15 Å². The molecule has 2 aromatic heterocycles. The number of hydrogen-bond donors (Lipinski definition) is 1. The van der Waals surface area contributed by atoms with E-state index in [1.165, 1.54) is 0 Å². The van der Waals surface area contributed by atoms with Crippen molar-refractivity contribution in [2.24, 2.45) is 0 Å². The van der Waals surface area contributed by atoms with Crippen LogP contribution in [0.2, 0.25) is 0 Å². The first kappa shape index (κ1) is 13.4. The van der Waals surface area contributed by atoms with Crippen LogP contribution in [0, 0.1) is 0 Å². The number of oxazole rings is 1. The van der Waals surface area contributed by atoms with E-state index in [1.54, 1.807) is 19.6 Å². The fourth-order valence-corrected chi connectivity index (χ4v) is 2.18. The Kier molecular flexibility index (Phi) is 3.73. The van der Waals surface area contributed by atoms with Crippen molar-refractivity contribution in [1.82, 2.24) is 9.97 Å². The third-order valence-electron chi connectivity index (χ3n) is 3.31. The first-order valence-corrected chi connectivity index (χ1v) is 6.90. The second kappa shape index (κ2) is 5.83.